The van der Waals surface area contributed by atoms with Crippen molar-refractivity contribution in [2.75, 3.05) is 6.61 Å². The maximum absolute atomic E-state index is 13.1. The van der Waals surface area contributed by atoms with Crippen molar-refractivity contribution in [3.8, 4) is 0 Å². The largest absolute Gasteiger partial charge is 0.354 e. The Bertz CT molecular complexity index is 1060. The average Bonchev–Trinajstić information content (AvgIpc) is 3.16. The minimum absolute atomic E-state index is 0.224. The van der Waals surface area contributed by atoms with Crippen LogP contribution in [0.5, 0.6) is 0 Å². The molecule has 0 fully saturated rings. The Labute approximate surface area is 184 Å². The molecule has 0 radical (unpaired) electrons. The highest BCUT2D eigenvalue weighted by molar-refractivity contribution is 6.01. The SMILES string of the molecule is C=C/C=C\C(=C(C)C)C(NC(=O)c1ccc2[nH]nc(C(/C=C\C)=C/C=C)c2c1)OCC. The van der Waals surface area contributed by atoms with Crippen LogP contribution in [-0.4, -0.2) is 28.9 Å². The maximum atomic E-state index is 13.1. The number of rotatable bonds is 10. The molecule has 2 rings (SSSR count). The number of allylic oxidation sites excluding steroid dienone is 8. The lowest BCUT2D eigenvalue weighted by molar-refractivity contribution is 0.0544. The molecule has 1 amide bonds. The molecule has 1 aromatic heterocycles. The first-order valence-corrected chi connectivity index (χ1v) is 10.3. The summed E-state index contributed by atoms with van der Waals surface area (Å²) in [7, 11) is 0. The number of carbonyl (C=O) groups is 1. The van der Waals surface area contributed by atoms with Gasteiger partial charge in [-0.3, -0.25) is 9.89 Å². The van der Waals surface area contributed by atoms with Gasteiger partial charge in [0, 0.05) is 23.1 Å². The number of benzene rings is 1. The zero-order valence-corrected chi connectivity index (χ0v) is 18.7. The van der Waals surface area contributed by atoms with Crippen LogP contribution in [0.4, 0.5) is 0 Å². The Morgan fingerprint density at radius 3 is 2.65 bits per heavy atom. The highest BCUT2D eigenvalue weighted by Gasteiger charge is 2.19. The van der Waals surface area contributed by atoms with Crippen LogP contribution in [-0.2, 0) is 4.74 Å². The van der Waals surface area contributed by atoms with E-state index in [1.165, 1.54) is 0 Å². The first-order chi connectivity index (χ1) is 15.0. The van der Waals surface area contributed by atoms with Gasteiger partial charge in [0.15, 0.2) is 6.23 Å². The van der Waals surface area contributed by atoms with Crippen molar-refractivity contribution in [2.45, 2.75) is 33.9 Å². The summed E-state index contributed by atoms with van der Waals surface area (Å²) >= 11 is 0. The molecule has 1 aromatic carbocycles. The standard InChI is InChI=1S/C26H31N3O2/c1-7-11-14-21(18(5)6)26(31-10-4)27-25(30)20-15-16-23-22(17-20)24(29-28-23)19(12-8-2)13-9-3/h7-9,11-17,26H,1-2,10H2,3-6H3,(H,27,30)(H,28,29)/b13-9-,14-11-,19-12+. The number of nitrogens with one attached hydrogen (secondary N) is 2. The second-order valence-electron chi connectivity index (χ2n) is 7.05. The molecular weight excluding hydrogens is 386 g/mol. The average molecular weight is 418 g/mol. The zero-order valence-electron chi connectivity index (χ0n) is 18.7. The summed E-state index contributed by atoms with van der Waals surface area (Å²) in [5.41, 5.74) is 5.00. The Hall–Kier alpha value is -3.44. The molecule has 0 spiro atoms. The van der Waals surface area contributed by atoms with Crippen molar-refractivity contribution in [3.63, 3.8) is 0 Å². The Morgan fingerprint density at radius 1 is 1.26 bits per heavy atom. The Balaban J connectivity index is 2.43. The number of carbonyl (C=O) groups excluding carboxylic acids is 1. The highest BCUT2D eigenvalue weighted by Crippen LogP contribution is 2.25. The second kappa shape index (κ2) is 11.7. The number of amides is 1. The molecule has 1 unspecified atom stereocenters. The molecule has 162 valence electrons. The van der Waals surface area contributed by atoms with Crippen LogP contribution in [0, 0.1) is 0 Å². The molecule has 0 bridgehead atoms. The van der Waals surface area contributed by atoms with E-state index < -0.39 is 6.23 Å². The first kappa shape index (κ1) is 23.8. The van der Waals surface area contributed by atoms with Crippen LogP contribution in [0.2, 0.25) is 0 Å². The van der Waals surface area contributed by atoms with Gasteiger partial charge >= 0.3 is 0 Å². The monoisotopic (exact) mass is 417 g/mol. The van der Waals surface area contributed by atoms with Crippen molar-refractivity contribution in [2.24, 2.45) is 0 Å². The molecule has 0 saturated carbocycles. The second-order valence-corrected chi connectivity index (χ2v) is 7.05. The van der Waals surface area contributed by atoms with Gasteiger partial charge in [-0.2, -0.15) is 5.10 Å². The fourth-order valence-corrected chi connectivity index (χ4v) is 3.16. The van der Waals surface area contributed by atoms with E-state index in [0.29, 0.717) is 12.2 Å². The number of H-pyrrole nitrogens is 1. The predicted molar refractivity (Wildman–Crippen MR) is 130 cm³/mol. The molecule has 1 heterocycles. The number of aromatic nitrogens is 2. The van der Waals surface area contributed by atoms with Crippen molar-refractivity contribution in [1.29, 1.82) is 0 Å². The molecule has 1 atom stereocenters. The summed E-state index contributed by atoms with van der Waals surface area (Å²) in [5.74, 6) is -0.224. The molecule has 31 heavy (non-hydrogen) atoms. The molecule has 2 aromatic rings. The molecule has 5 heteroatoms. The van der Waals surface area contributed by atoms with Crippen molar-refractivity contribution in [3.05, 3.63) is 96.3 Å². The zero-order chi connectivity index (χ0) is 22.8. The van der Waals surface area contributed by atoms with Crippen LogP contribution in [0.15, 0.2) is 85.0 Å². The Kier molecular flexibility index (Phi) is 8.97. The van der Waals surface area contributed by atoms with Crippen LogP contribution in [0.25, 0.3) is 16.5 Å². The number of aromatic amines is 1. The van der Waals surface area contributed by atoms with E-state index in [2.05, 4.69) is 28.7 Å². The third-order valence-electron chi connectivity index (χ3n) is 4.61. The molecule has 0 aliphatic rings. The molecule has 0 saturated heterocycles. The van der Waals surface area contributed by atoms with Gasteiger partial charge in [0.25, 0.3) is 5.91 Å². The molecular formula is C26H31N3O2. The van der Waals surface area contributed by atoms with Crippen molar-refractivity contribution >= 4 is 22.4 Å². The molecule has 0 aliphatic heterocycles. The van der Waals surface area contributed by atoms with Crippen LogP contribution in [0.1, 0.15) is 43.7 Å². The number of nitrogens with zero attached hydrogens (tertiary/aromatic N) is 1. The smallest absolute Gasteiger partial charge is 0.253 e. The van der Waals surface area contributed by atoms with Gasteiger partial charge in [0.05, 0.1) is 11.2 Å². The van der Waals surface area contributed by atoms with Crippen molar-refractivity contribution < 1.29 is 9.53 Å². The van der Waals surface area contributed by atoms with E-state index in [9.17, 15) is 4.79 Å². The van der Waals surface area contributed by atoms with Crippen LogP contribution < -0.4 is 5.32 Å². The topological polar surface area (TPSA) is 67.0 Å². The summed E-state index contributed by atoms with van der Waals surface area (Å²) in [6, 6.07) is 5.47. The lowest BCUT2D eigenvalue weighted by Gasteiger charge is -2.21. The van der Waals surface area contributed by atoms with Gasteiger partial charge in [-0.25, -0.2) is 0 Å². The van der Waals surface area contributed by atoms with E-state index in [0.717, 1.165) is 33.3 Å². The Morgan fingerprint density at radius 2 is 2.03 bits per heavy atom. The van der Waals surface area contributed by atoms with Gasteiger partial charge in [0.1, 0.15) is 0 Å². The minimum Gasteiger partial charge on any atom is -0.354 e. The normalized spacial score (nSPS) is 13.0. The van der Waals surface area contributed by atoms with Gasteiger partial charge in [0.2, 0.25) is 0 Å². The predicted octanol–water partition coefficient (Wildman–Crippen LogP) is 5.88. The van der Waals surface area contributed by atoms with E-state index in [1.54, 1.807) is 18.2 Å². The van der Waals surface area contributed by atoms with Gasteiger partial charge in [-0.1, -0.05) is 61.3 Å². The molecule has 5 nitrogen and oxygen atoms in total. The fourth-order valence-electron chi connectivity index (χ4n) is 3.16. The summed E-state index contributed by atoms with van der Waals surface area (Å²) in [6.07, 6.45) is 12.4. The first-order valence-electron chi connectivity index (χ1n) is 10.3. The lowest BCUT2D eigenvalue weighted by atomic mass is 10.0. The van der Waals surface area contributed by atoms with E-state index in [-0.39, 0.29) is 5.91 Å². The van der Waals surface area contributed by atoms with Gasteiger partial charge in [-0.05, 0) is 51.5 Å². The number of ether oxygens (including phenoxy) is 1. The lowest BCUT2D eigenvalue weighted by Crippen LogP contribution is -2.38. The maximum Gasteiger partial charge on any atom is 0.253 e. The van der Waals surface area contributed by atoms with E-state index in [4.69, 9.17) is 4.74 Å². The number of hydrogen-bond donors (Lipinski definition) is 2. The minimum atomic E-state index is -0.558. The summed E-state index contributed by atoms with van der Waals surface area (Å²) in [4.78, 5) is 13.1. The van der Waals surface area contributed by atoms with E-state index in [1.807, 2.05) is 70.2 Å². The third kappa shape index (κ3) is 6.03. The highest BCUT2D eigenvalue weighted by atomic mass is 16.5. The summed E-state index contributed by atoms with van der Waals surface area (Å²) < 4.78 is 5.83. The van der Waals surface area contributed by atoms with Crippen LogP contribution >= 0.6 is 0 Å². The number of fused-ring (bicyclic) bond motifs is 1. The van der Waals surface area contributed by atoms with Crippen molar-refractivity contribution in [1.82, 2.24) is 15.5 Å². The third-order valence-corrected chi connectivity index (χ3v) is 4.61. The van der Waals surface area contributed by atoms with Crippen LogP contribution in [0.3, 0.4) is 0 Å². The molecule has 2 N–H and O–H groups in total. The number of hydrogen-bond acceptors (Lipinski definition) is 3. The van der Waals surface area contributed by atoms with Gasteiger partial charge in [-0.15, -0.1) is 0 Å². The summed E-state index contributed by atoms with van der Waals surface area (Å²) in [5, 5.41) is 11.3. The molecule has 0 aliphatic carbocycles. The quantitative estimate of drug-likeness (QED) is 0.375. The fraction of sp³-hybridized carbons (Fsp3) is 0.231. The van der Waals surface area contributed by atoms with Gasteiger partial charge < -0.3 is 10.1 Å². The summed E-state index contributed by atoms with van der Waals surface area (Å²) in [6.45, 7) is 15.8. The van der Waals surface area contributed by atoms with E-state index >= 15 is 0 Å².